The van der Waals surface area contributed by atoms with Crippen molar-refractivity contribution in [1.82, 2.24) is 0 Å². The van der Waals surface area contributed by atoms with Gasteiger partial charge in [0.15, 0.2) is 5.79 Å². The van der Waals surface area contributed by atoms with Gasteiger partial charge in [0, 0.05) is 13.5 Å². The minimum absolute atomic E-state index is 0.508. The van der Waals surface area contributed by atoms with Crippen LogP contribution in [-0.2, 0) is 4.74 Å². The van der Waals surface area contributed by atoms with Gasteiger partial charge in [-0.2, -0.15) is 0 Å². The molecule has 0 aliphatic rings. The maximum atomic E-state index is 8.99. The van der Waals surface area contributed by atoms with Crippen LogP contribution in [0.15, 0.2) is 0 Å². The highest BCUT2D eigenvalue weighted by atomic mass is 16.6. The minimum Gasteiger partial charge on any atom is -0.365 e. The van der Waals surface area contributed by atoms with Crippen LogP contribution >= 0.6 is 0 Å². The molecule has 0 bridgehead atoms. The van der Waals surface area contributed by atoms with Gasteiger partial charge in [0.05, 0.1) is 0 Å². The van der Waals surface area contributed by atoms with E-state index in [1.807, 2.05) is 13.8 Å². The molecule has 0 spiro atoms. The SMILES string of the molecule is [CH2]C(O)(CC)OCC. The molecular formula is C6H13O2. The Labute approximate surface area is 50.5 Å². The van der Waals surface area contributed by atoms with Gasteiger partial charge in [-0.3, -0.25) is 0 Å². The summed E-state index contributed by atoms with van der Waals surface area (Å²) in [7, 11) is 0. The standard InChI is InChI=1S/C6H13O2/c1-4-6(3,7)8-5-2/h7H,3-5H2,1-2H3. The molecule has 0 aliphatic heterocycles. The third kappa shape index (κ3) is 2.99. The summed E-state index contributed by atoms with van der Waals surface area (Å²) in [4.78, 5) is 0. The lowest BCUT2D eigenvalue weighted by Crippen LogP contribution is -2.27. The predicted octanol–water partition coefficient (Wildman–Crippen LogP) is 0.956. The van der Waals surface area contributed by atoms with Crippen molar-refractivity contribution in [3.63, 3.8) is 0 Å². The largest absolute Gasteiger partial charge is 0.365 e. The van der Waals surface area contributed by atoms with E-state index >= 15 is 0 Å². The second-order valence-electron chi connectivity index (χ2n) is 1.73. The highest BCUT2D eigenvalue weighted by Gasteiger charge is 2.15. The lowest BCUT2D eigenvalue weighted by Gasteiger charge is -2.19. The minimum atomic E-state index is -1.16. The summed E-state index contributed by atoms with van der Waals surface area (Å²) in [6.07, 6.45) is 0.529. The van der Waals surface area contributed by atoms with Gasteiger partial charge < -0.3 is 9.84 Å². The normalized spacial score (nSPS) is 18.0. The van der Waals surface area contributed by atoms with E-state index in [-0.39, 0.29) is 0 Å². The topological polar surface area (TPSA) is 29.5 Å². The van der Waals surface area contributed by atoms with Crippen molar-refractivity contribution in [3.8, 4) is 0 Å². The molecule has 1 radical (unpaired) electrons. The van der Waals surface area contributed by atoms with E-state index in [0.29, 0.717) is 13.0 Å². The van der Waals surface area contributed by atoms with Crippen molar-refractivity contribution in [2.75, 3.05) is 6.61 Å². The Morgan fingerprint density at radius 1 is 1.62 bits per heavy atom. The average Bonchev–Trinajstić information content (AvgIpc) is 1.67. The first kappa shape index (κ1) is 7.92. The molecule has 0 saturated carbocycles. The van der Waals surface area contributed by atoms with Gasteiger partial charge in [-0.05, 0) is 13.3 Å². The monoisotopic (exact) mass is 117 g/mol. The molecule has 1 atom stereocenters. The quantitative estimate of drug-likeness (QED) is 0.558. The molecule has 0 amide bonds. The van der Waals surface area contributed by atoms with Crippen molar-refractivity contribution in [2.24, 2.45) is 0 Å². The van der Waals surface area contributed by atoms with Gasteiger partial charge in [0.1, 0.15) is 0 Å². The zero-order valence-corrected chi connectivity index (χ0v) is 5.48. The molecule has 0 aliphatic carbocycles. The summed E-state index contributed by atoms with van der Waals surface area (Å²) in [5.74, 6) is -1.16. The molecule has 0 rings (SSSR count). The van der Waals surface area contributed by atoms with Crippen LogP contribution in [0.25, 0.3) is 0 Å². The first-order valence-electron chi connectivity index (χ1n) is 2.84. The van der Waals surface area contributed by atoms with Gasteiger partial charge in [-0.15, -0.1) is 0 Å². The van der Waals surface area contributed by atoms with Crippen LogP contribution in [0.1, 0.15) is 20.3 Å². The number of hydrogen-bond acceptors (Lipinski definition) is 2. The summed E-state index contributed by atoms with van der Waals surface area (Å²) in [6, 6.07) is 0. The highest BCUT2D eigenvalue weighted by molar-refractivity contribution is 4.65. The molecule has 49 valence electrons. The molecule has 2 heteroatoms. The summed E-state index contributed by atoms with van der Waals surface area (Å²) < 4.78 is 4.82. The molecule has 0 fully saturated rings. The molecule has 0 saturated heterocycles. The first-order valence-corrected chi connectivity index (χ1v) is 2.84. The Bertz CT molecular complexity index is 59.5. The van der Waals surface area contributed by atoms with E-state index < -0.39 is 5.79 Å². The predicted molar refractivity (Wildman–Crippen MR) is 32.2 cm³/mol. The molecule has 0 aromatic heterocycles. The Hall–Kier alpha value is -0.0800. The third-order valence-electron chi connectivity index (χ3n) is 0.965. The van der Waals surface area contributed by atoms with Crippen LogP contribution in [0.2, 0.25) is 0 Å². The number of hydrogen-bond donors (Lipinski definition) is 1. The maximum Gasteiger partial charge on any atom is 0.165 e. The second-order valence-corrected chi connectivity index (χ2v) is 1.73. The smallest absolute Gasteiger partial charge is 0.165 e. The van der Waals surface area contributed by atoms with Crippen molar-refractivity contribution in [2.45, 2.75) is 26.1 Å². The Balaban J connectivity index is 3.37. The molecule has 0 aromatic rings. The van der Waals surface area contributed by atoms with E-state index in [0.717, 1.165) is 0 Å². The van der Waals surface area contributed by atoms with Crippen LogP contribution in [0.4, 0.5) is 0 Å². The van der Waals surface area contributed by atoms with Crippen molar-refractivity contribution < 1.29 is 9.84 Å². The fourth-order valence-corrected chi connectivity index (χ4v) is 0.371. The third-order valence-corrected chi connectivity index (χ3v) is 0.965. The van der Waals surface area contributed by atoms with Crippen LogP contribution in [-0.4, -0.2) is 17.5 Å². The molecule has 0 heterocycles. The fraction of sp³-hybridized carbons (Fsp3) is 0.833. The van der Waals surface area contributed by atoms with Gasteiger partial charge >= 0.3 is 0 Å². The lowest BCUT2D eigenvalue weighted by molar-refractivity contribution is -0.167. The Morgan fingerprint density at radius 3 is 2.25 bits per heavy atom. The van der Waals surface area contributed by atoms with E-state index in [1.165, 1.54) is 0 Å². The molecule has 8 heavy (non-hydrogen) atoms. The number of rotatable bonds is 3. The molecule has 0 aromatic carbocycles. The number of ether oxygens (including phenoxy) is 1. The van der Waals surface area contributed by atoms with Crippen molar-refractivity contribution in [1.29, 1.82) is 0 Å². The summed E-state index contributed by atoms with van der Waals surface area (Å²) in [5.41, 5.74) is 0. The Kier molecular flexibility index (Phi) is 3.02. The zero-order chi connectivity index (χ0) is 6.62. The molecule has 1 unspecified atom stereocenters. The number of aliphatic hydroxyl groups is 1. The molecule has 2 nitrogen and oxygen atoms in total. The maximum absolute atomic E-state index is 8.99. The fourth-order valence-electron chi connectivity index (χ4n) is 0.371. The van der Waals surface area contributed by atoms with Crippen LogP contribution in [0.5, 0.6) is 0 Å². The van der Waals surface area contributed by atoms with E-state index in [9.17, 15) is 0 Å². The van der Waals surface area contributed by atoms with Crippen LogP contribution < -0.4 is 0 Å². The van der Waals surface area contributed by atoms with Gasteiger partial charge in [0.2, 0.25) is 0 Å². The van der Waals surface area contributed by atoms with E-state index in [4.69, 9.17) is 9.84 Å². The second kappa shape index (κ2) is 3.05. The summed E-state index contributed by atoms with van der Waals surface area (Å²) in [5, 5.41) is 8.99. The zero-order valence-electron chi connectivity index (χ0n) is 5.48. The van der Waals surface area contributed by atoms with Crippen LogP contribution in [0.3, 0.4) is 0 Å². The van der Waals surface area contributed by atoms with Gasteiger partial charge in [-0.25, -0.2) is 0 Å². The van der Waals surface area contributed by atoms with E-state index in [2.05, 4.69) is 6.92 Å². The van der Waals surface area contributed by atoms with Gasteiger partial charge in [0.25, 0.3) is 0 Å². The Morgan fingerprint density at radius 2 is 2.12 bits per heavy atom. The highest BCUT2D eigenvalue weighted by Crippen LogP contribution is 2.07. The summed E-state index contributed by atoms with van der Waals surface area (Å²) >= 11 is 0. The first-order chi connectivity index (χ1) is 3.62. The van der Waals surface area contributed by atoms with Crippen molar-refractivity contribution >= 4 is 0 Å². The molecule has 1 N–H and O–H groups in total. The molecular weight excluding hydrogens is 104 g/mol. The lowest BCUT2D eigenvalue weighted by atomic mass is 10.2. The average molecular weight is 117 g/mol. The summed E-state index contributed by atoms with van der Waals surface area (Å²) in [6.45, 7) is 7.57. The van der Waals surface area contributed by atoms with Crippen LogP contribution in [0, 0.1) is 6.92 Å². The van der Waals surface area contributed by atoms with Gasteiger partial charge in [-0.1, -0.05) is 6.92 Å². The van der Waals surface area contributed by atoms with Crippen molar-refractivity contribution in [3.05, 3.63) is 6.92 Å². The van der Waals surface area contributed by atoms with E-state index in [1.54, 1.807) is 0 Å².